The number of thiol groups is 1. The number of amides is 3. The van der Waals surface area contributed by atoms with E-state index in [0.717, 1.165) is 0 Å². The third-order valence-corrected chi connectivity index (χ3v) is 3.80. The van der Waals surface area contributed by atoms with Gasteiger partial charge in [0.15, 0.2) is 0 Å². The molecule has 0 aliphatic carbocycles. The SMILES string of the molecule is NC(CCC(=O)O)C(=O)NC(CO)C(=O)NC(CO)C(=O)NC(CS)C(=O)O. The Kier molecular flexibility index (Phi) is 11.8. The molecule has 4 unspecified atom stereocenters. The molecule has 0 saturated heterocycles. The van der Waals surface area contributed by atoms with Gasteiger partial charge in [-0.1, -0.05) is 0 Å². The summed E-state index contributed by atoms with van der Waals surface area (Å²) in [6.07, 6.45) is -0.587. The topological polar surface area (TPSA) is 228 Å². The summed E-state index contributed by atoms with van der Waals surface area (Å²) in [5.74, 6) is -5.75. The van der Waals surface area contributed by atoms with Crippen LogP contribution >= 0.6 is 12.6 Å². The van der Waals surface area contributed by atoms with Gasteiger partial charge in [0.2, 0.25) is 17.7 Å². The monoisotopic (exact) mass is 424 g/mol. The van der Waals surface area contributed by atoms with Crippen LogP contribution < -0.4 is 21.7 Å². The molecule has 0 aromatic rings. The molecular weight excluding hydrogens is 400 g/mol. The lowest BCUT2D eigenvalue weighted by Crippen LogP contribution is -2.59. The zero-order chi connectivity index (χ0) is 21.9. The van der Waals surface area contributed by atoms with Gasteiger partial charge in [0, 0.05) is 12.2 Å². The molecule has 160 valence electrons. The van der Waals surface area contributed by atoms with E-state index in [4.69, 9.17) is 15.9 Å². The number of carbonyl (C=O) groups excluding carboxylic acids is 3. The van der Waals surface area contributed by atoms with E-state index in [2.05, 4.69) is 28.6 Å². The summed E-state index contributed by atoms with van der Waals surface area (Å²) in [5.41, 5.74) is 5.49. The molecule has 0 fully saturated rings. The Balaban J connectivity index is 4.86. The highest BCUT2D eigenvalue weighted by atomic mass is 32.1. The number of aliphatic hydroxyl groups is 2. The minimum Gasteiger partial charge on any atom is -0.481 e. The maximum absolute atomic E-state index is 12.1. The van der Waals surface area contributed by atoms with Gasteiger partial charge in [-0.3, -0.25) is 19.2 Å². The van der Waals surface area contributed by atoms with Crippen LogP contribution in [0.4, 0.5) is 0 Å². The number of nitrogens with two attached hydrogens (primary N) is 1. The van der Waals surface area contributed by atoms with E-state index in [9.17, 15) is 34.2 Å². The summed E-state index contributed by atoms with van der Waals surface area (Å²) in [6.45, 7) is -1.77. The molecule has 0 saturated carbocycles. The van der Waals surface area contributed by atoms with Crippen molar-refractivity contribution < 1.29 is 44.4 Å². The second-order valence-electron chi connectivity index (χ2n) is 5.61. The molecule has 28 heavy (non-hydrogen) atoms. The Labute approximate surface area is 165 Å². The molecule has 3 amide bonds. The maximum atomic E-state index is 12.1. The first kappa shape index (κ1) is 25.6. The second-order valence-corrected chi connectivity index (χ2v) is 5.97. The van der Waals surface area contributed by atoms with Crippen LogP contribution in [0.5, 0.6) is 0 Å². The summed E-state index contributed by atoms with van der Waals surface area (Å²) < 4.78 is 0. The van der Waals surface area contributed by atoms with E-state index >= 15 is 0 Å². The zero-order valence-electron chi connectivity index (χ0n) is 14.7. The number of aliphatic hydroxyl groups excluding tert-OH is 2. The van der Waals surface area contributed by atoms with Crippen LogP contribution in [0.15, 0.2) is 0 Å². The fraction of sp³-hybridized carbons (Fsp3) is 0.643. The first-order chi connectivity index (χ1) is 13.1. The maximum Gasteiger partial charge on any atom is 0.327 e. The molecule has 13 nitrogen and oxygen atoms in total. The predicted molar refractivity (Wildman–Crippen MR) is 96.3 cm³/mol. The summed E-state index contributed by atoms with van der Waals surface area (Å²) in [7, 11) is 0. The Morgan fingerprint density at radius 2 is 1.25 bits per heavy atom. The van der Waals surface area contributed by atoms with Gasteiger partial charge in [0.1, 0.15) is 18.1 Å². The average Bonchev–Trinajstić information content (AvgIpc) is 2.65. The predicted octanol–water partition coefficient (Wildman–Crippen LogP) is -4.37. The van der Waals surface area contributed by atoms with Gasteiger partial charge in [-0.2, -0.15) is 12.6 Å². The summed E-state index contributed by atoms with van der Waals surface area (Å²) in [5, 5.41) is 42.1. The summed E-state index contributed by atoms with van der Waals surface area (Å²) in [6, 6.07) is -5.70. The Morgan fingerprint density at radius 3 is 1.61 bits per heavy atom. The fourth-order valence-corrected chi connectivity index (χ4v) is 2.05. The number of carboxylic acids is 2. The number of nitrogens with one attached hydrogen (secondary N) is 3. The Hall–Kier alpha value is -2.42. The molecule has 0 bridgehead atoms. The highest BCUT2D eigenvalue weighted by Gasteiger charge is 2.29. The lowest BCUT2D eigenvalue weighted by atomic mass is 10.1. The molecule has 0 rings (SSSR count). The van der Waals surface area contributed by atoms with Crippen LogP contribution in [0.25, 0.3) is 0 Å². The largest absolute Gasteiger partial charge is 0.481 e. The van der Waals surface area contributed by atoms with Gasteiger partial charge in [0.05, 0.1) is 19.3 Å². The van der Waals surface area contributed by atoms with E-state index in [1.54, 1.807) is 0 Å². The van der Waals surface area contributed by atoms with Gasteiger partial charge >= 0.3 is 11.9 Å². The molecule has 4 atom stereocenters. The van der Waals surface area contributed by atoms with E-state index in [1.807, 2.05) is 0 Å². The van der Waals surface area contributed by atoms with Crippen molar-refractivity contribution in [3.05, 3.63) is 0 Å². The third-order valence-electron chi connectivity index (χ3n) is 3.43. The van der Waals surface area contributed by atoms with Crippen molar-refractivity contribution in [3.63, 3.8) is 0 Å². The Bertz CT molecular complexity index is 589. The van der Waals surface area contributed by atoms with Crippen LogP contribution in [0, 0.1) is 0 Å². The standard InChI is InChI=1S/C14H24N4O9S/c15-6(1-2-10(21)22)11(23)16-7(3-19)12(24)17-8(4-20)13(25)18-9(5-28)14(26)27/h6-9,19-20,28H,1-5,15H2,(H,16,23)(H,17,24)(H,18,25)(H,21,22)(H,26,27). The number of carboxylic acid groups (broad SMARTS) is 2. The van der Waals surface area contributed by atoms with Gasteiger partial charge < -0.3 is 42.1 Å². The molecular formula is C14H24N4O9S. The zero-order valence-corrected chi connectivity index (χ0v) is 15.6. The normalized spacial score (nSPS) is 14.9. The van der Waals surface area contributed by atoms with Crippen LogP contribution in [0.3, 0.4) is 0 Å². The molecule has 9 N–H and O–H groups in total. The van der Waals surface area contributed by atoms with Crippen molar-refractivity contribution in [2.45, 2.75) is 37.0 Å². The van der Waals surface area contributed by atoms with Crippen LogP contribution in [-0.4, -0.2) is 93.2 Å². The van der Waals surface area contributed by atoms with Crippen molar-refractivity contribution in [2.24, 2.45) is 5.73 Å². The first-order valence-corrected chi connectivity index (χ1v) is 8.64. The number of carbonyl (C=O) groups is 5. The van der Waals surface area contributed by atoms with E-state index in [0.29, 0.717) is 0 Å². The van der Waals surface area contributed by atoms with Crippen LogP contribution in [0.2, 0.25) is 0 Å². The average molecular weight is 424 g/mol. The highest BCUT2D eigenvalue weighted by molar-refractivity contribution is 7.80. The second kappa shape index (κ2) is 12.9. The van der Waals surface area contributed by atoms with Gasteiger partial charge in [-0.15, -0.1) is 0 Å². The van der Waals surface area contributed by atoms with Crippen molar-refractivity contribution in [3.8, 4) is 0 Å². The van der Waals surface area contributed by atoms with E-state index in [-0.39, 0.29) is 18.6 Å². The molecule has 0 aromatic heterocycles. The summed E-state index contributed by atoms with van der Waals surface area (Å²) in [4.78, 5) is 57.3. The number of hydrogen-bond donors (Lipinski definition) is 9. The molecule has 0 aliphatic heterocycles. The smallest absolute Gasteiger partial charge is 0.327 e. The quantitative estimate of drug-likeness (QED) is 0.129. The highest BCUT2D eigenvalue weighted by Crippen LogP contribution is 1.97. The van der Waals surface area contributed by atoms with Crippen molar-refractivity contribution in [2.75, 3.05) is 19.0 Å². The molecule has 0 radical (unpaired) electrons. The van der Waals surface area contributed by atoms with Crippen molar-refractivity contribution in [1.82, 2.24) is 16.0 Å². The molecule has 0 aromatic carbocycles. The van der Waals surface area contributed by atoms with Crippen molar-refractivity contribution >= 4 is 42.3 Å². The summed E-state index contributed by atoms with van der Waals surface area (Å²) >= 11 is 3.76. The molecule has 0 aliphatic rings. The number of hydrogen-bond acceptors (Lipinski definition) is 9. The lowest BCUT2D eigenvalue weighted by molar-refractivity contribution is -0.142. The van der Waals surface area contributed by atoms with Crippen molar-refractivity contribution in [1.29, 1.82) is 0 Å². The molecule has 14 heteroatoms. The fourth-order valence-electron chi connectivity index (χ4n) is 1.81. The first-order valence-electron chi connectivity index (χ1n) is 8.01. The molecule has 0 heterocycles. The van der Waals surface area contributed by atoms with E-state index in [1.165, 1.54) is 0 Å². The van der Waals surface area contributed by atoms with Gasteiger partial charge in [0.25, 0.3) is 0 Å². The van der Waals surface area contributed by atoms with Crippen LogP contribution in [0.1, 0.15) is 12.8 Å². The minimum absolute atomic E-state index is 0.205. The third kappa shape index (κ3) is 8.98. The van der Waals surface area contributed by atoms with Gasteiger partial charge in [-0.05, 0) is 6.42 Å². The van der Waals surface area contributed by atoms with Gasteiger partial charge in [-0.25, -0.2) is 4.79 Å². The van der Waals surface area contributed by atoms with Crippen LogP contribution in [-0.2, 0) is 24.0 Å². The minimum atomic E-state index is -1.55. The number of aliphatic carboxylic acids is 2. The number of rotatable bonds is 13. The molecule has 0 spiro atoms. The lowest BCUT2D eigenvalue weighted by Gasteiger charge is -2.23. The Morgan fingerprint density at radius 1 is 0.821 bits per heavy atom. The van der Waals surface area contributed by atoms with E-state index < -0.39 is 67.0 Å².